The Balaban J connectivity index is 2.18. The van der Waals surface area contributed by atoms with Gasteiger partial charge in [-0.2, -0.15) is 0 Å². The molecule has 108 valence electrons. The van der Waals surface area contributed by atoms with Crippen LogP contribution in [0, 0.1) is 0 Å². The van der Waals surface area contributed by atoms with Crippen LogP contribution in [0.3, 0.4) is 0 Å². The van der Waals surface area contributed by atoms with Crippen LogP contribution in [-0.2, 0) is 6.42 Å². The van der Waals surface area contributed by atoms with E-state index in [0.29, 0.717) is 6.04 Å². The fourth-order valence-corrected chi connectivity index (χ4v) is 2.62. The third-order valence-electron chi connectivity index (χ3n) is 3.79. The van der Waals surface area contributed by atoms with E-state index in [2.05, 4.69) is 55.6 Å². The van der Waals surface area contributed by atoms with Crippen LogP contribution in [0.25, 0.3) is 10.8 Å². The SMILES string of the molecule is CCCNC(C)CCc1c(OC)ccc2ccccc12. The van der Waals surface area contributed by atoms with Crippen molar-refractivity contribution >= 4 is 10.8 Å². The van der Waals surface area contributed by atoms with Crippen molar-refractivity contribution in [3.05, 3.63) is 42.0 Å². The zero-order valence-electron chi connectivity index (χ0n) is 12.8. The van der Waals surface area contributed by atoms with Crippen LogP contribution in [0.5, 0.6) is 5.75 Å². The molecule has 0 heterocycles. The van der Waals surface area contributed by atoms with Crippen LogP contribution in [-0.4, -0.2) is 19.7 Å². The second-order valence-electron chi connectivity index (χ2n) is 5.36. The summed E-state index contributed by atoms with van der Waals surface area (Å²) >= 11 is 0. The Morgan fingerprint density at radius 1 is 1.15 bits per heavy atom. The van der Waals surface area contributed by atoms with Crippen LogP contribution in [0.1, 0.15) is 32.3 Å². The van der Waals surface area contributed by atoms with Crippen LogP contribution >= 0.6 is 0 Å². The molecule has 0 saturated carbocycles. The summed E-state index contributed by atoms with van der Waals surface area (Å²) < 4.78 is 5.55. The summed E-state index contributed by atoms with van der Waals surface area (Å²) in [7, 11) is 1.76. The average Bonchev–Trinajstić information content (AvgIpc) is 2.50. The van der Waals surface area contributed by atoms with Crippen molar-refractivity contribution in [3.63, 3.8) is 0 Å². The van der Waals surface area contributed by atoms with Gasteiger partial charge in [0.2, 0.25) is 0 Å². The van der Waals surface area contributed by atoms with Crippen molar-refractivity contribution in [1.82, 2.24) is 5.32 Å². The summed E-state index contributed by atoms with van der Waals surface area (Å²) in [5.41, 5.74) is 1.33. The number of aryl methyl sites for hydroxylation is 1. The fraction of sp³-hybridized carbons (Fsp3) is 0.444. The molecule has 0 spiro atoms. The minimum Gasteiger partial charge on any atom is -0.496 e. The number of rotatable bonds is 7. The third kappa shape index (κ3) is 3.51. The molecule has 0 aliphatic heterocycles. The minimum absolute atomic E-state index is 0.540. The molecular weight excluding hydrogens is 246 g/mol. The first kappa shape index (κ1) is 14.9. The lowest BCUT2D eigenvalue weighted by atomic mass is 9.98. The van der Waals surface area contributed by atoms with Gasteiger partial charge >= 0.3 is 0 Å². The lowest BCUT2D eigenvalue weighted by molar-refractivity contribution is 0.408. The smallest absolute Gasteiger partial charge is 0.122 e. The first-order valence-electron chi connectivity index (χ1n) is 7.54. The van der Waals surface area contributed by atoms with E-state index in [1.54, 1.807) is 7.11 Å². The molecular formula is C18H25NO. The maximum atomic E-state index is 5.55. The van der Waals surface area contributed by atoms with E-state index >= 15 is 0 Å². The maximum Gasteiger partial charge on any atom is 0.122 e. The molecule has 2 nitrogen and oxygen atoms in total. The summed E-state index contributed by atoms with van der Waals surface area (Å²) in [6.07, 6.45) is 3.36. The zero-order valence-corrected chi connectivity index (χ0v) is 12.8. The van der Waals surface area contributed by atoms with Gasteiger partial charge < -0.3 is 10.1 Å². The Kier molecular flexibility index (Phi) is 5.42. The molecule has 0 aliphatic rings. The summed E-state index contributed by atoms with van der Waals surface area (Å²) in [6, 6.07) is 13.3. The highest BCUT2D eigenvalue weighted by Crippen LogP contribution is 2.29. The second-order valence-corrected chi connectivity index (χ2v) is 5.36. The van der Waals surface area contributed by atoms with Gasteiger partial charge in [0.1, 0.15) is 5.75 Å². The van der Waals surface area contributed by atoms with Crippen molar-refractivity contribution in [1.29, 1.82) is 0 Å². The molecule has 1 N–H and O–H groups in total. The van der Waals surface area contributed by atoms with E-state index in [-0.39, 0.29) is 0 Å². The van der Waals surface area contributed by atoms with Gasteiger partial charge in [-0.05, 0) is 49.6 Å². The molecule has 1 atom stereocenters. The molecule has 2 rings (SSSR count). The lowest BCUT2D eigenvalue weighted by Gasteiger charge is -2.16. The lowest BCUT2D eigenvalue weighted by Crippen LogP contribution is -2.27. The number of hydrogen-bond donors (Lipinski definition) is 1. The summed E-state index contributed by atoms with van der Waals surface area (Å²) in [6.45, 7) is 5.55. The Morgan fingerprint density at radius 2 is 1.95 bits per heavy atom. The fourth-order valence-electron chi connectivity index (χ4n) is 2.62. The quantitative estimate of drug-likeness (QED) is 0.816. The first-order chi connectivity index (χ1) is 9.76. The van der Waals surface area contributed by atoms with Crippen LogP contribution in [0.2, 0.25) is 0 Å². The Labute approximate surface area is 122 Å². The highest BCUT2D eigenvalue weighted by Gasteiger charge is 2.10. The van der Waals surface area contributed by atoms with Gasteiger partial charge in [-0.25, -0.2) is 0 Å². The Morgan fingerprint density at radius 3 is 2.70 bits per heavy atom. The summed E-state index contributed by atoms with van der Waals surface area (Å²) in [4.78, 5) is 0. The minimum atomic E-state index is 0.540. The van der Waals surface area contributed by atoms with Gasteiger partial charge in [-0.1, -0.05) is 37.3 Å². The topological polar surface area (TPSA) is 21.3 Å². The van der Waals surface area contributed by atoms with Gasteiger partial charge in [0.15, 0.2) is 0 Å². The predicted molar refractivity (Wildman–Crippen MR) is 86.6 cm³/mol. The molecule has 0 saturated heterocycles. The Bertz CT molecular complexity index is 550. The molecule has 0 aromatic heterocycles. The number of fused-ring (bicyclic) bond motifs is 1. The normalized spacial score (nSPS) is 12.6. The van der Waals surface area contributed by atoms with Crippen molar-refractivity contribution in [2.45, 2.75) is 39.2 Å². The largest absolute Gasteiger partial charge is 0.496 e. The highest BCUT2D eigenvalue weighted by atomic mass is 16.5. The second kappa shape index (κ2) is 7.30. The van der Waals surface area contributed by atoms with Gasteiger partial charge in [0.25, 0.3) is 0 Å². The highest BCUT2D eigenvalue weighted by molar-refractivity contribution is 5.87. The van der Waals surface area contributed by atoms with Gasteiger partial charge in [0.05, 0.1) is 7.11 Å². The molecule has 0 radical (unpaired) electrons. The van der Waals surface area contributed by atoms with Crippen molar-refractivity contribution < 1.29 is 4.74 Å². The van der Waals surface area contributed by atoms with Crippen LogP contribution < -0.4 is 10.1 Å². The number of hydrogen-bond acceptors (Lipinski definition) is 2. The third-order valence-corrected chi connectivity index (χ3v) is 3.79. The number of nitrogens with one attached hydrogen (secondary N) is 1. The number of benzene rings is 2. The van der Waals surface area contributed by atoms with E-state index in [9.17, 15) is 0 Å². The van der Waals surface area contributed by atoms with Crippen LogP contribution in [0.4, 0.5) is 0 Å². The van der Waals surface area contributed by atoms with Crippen molar-refractivity contribution in [3.8, 4) is 5.75 Å². The van der Waals surface area contributed by atoms with E-state index < -0.39 is 0 Å². The summed E-state index contributed by atoms with van der Waals surface area (Å²) in [5, 5.41) is 6.15. The first-order valence-corrected chi connectivity index (χ1v) is 7.54. The monoisotopic (exact) mass is 271 g/mol. The maximum absolute atomic E-state index is 5.55. The number of methoxy groups -OCH3 is 1. The van der Waals surface area contributed by atoms with Gasteiger partial charge in [-0.15, -0.1) is 0 Å². The standard InChI is InChI=1S/C18H25NO/c1-4-13-19-14(2)9-11-17-16-8-6-5-7-15(16)10-12-18(17)20-3/h5-8,10,12,14,19H,4,9,11,13H2,1-3H3. The van der Waals surface area contributed by atoms with E-state index in [4.69, 9.17) is 4.74 Å². The van der Waals surface area contributed by atoms with Crippen molar-refractivity contribution in [2.24, 2.45) is 0 Å². The molecule has 2 aromatic carbocycles. The Hall–Kier alpha value is -1.54. The molecule has 0 aliphatic carbocycles. The molecule has 0 fully saturated rings. The predicted octanol–water partition coefficient (Wildman–Crippen LogP) is 4.17. The molecule has 2 heteroatoms. The molecule has 1 unspecified atom stereocenters. The molecule has 0 bridgehead atoms. The van der Waals surface area contributed by atoms with Crippen LogP contribution in [0.15, 0.2) is 36.4 Å². The van der Waals surface area contributed by atoms with E-state index in [1.807, 2.05) is 0 Å². The molecule has 20 heavy (non-hydrogen) atoms. The van der Waals surface area contributed by atoms with Gasteiger partial charge in [0, 0.05) is 11.6 Å². The van der Waals surface area contributed by atoms with E-state index in [1.165, 1.54) is 22.8 Å². The van der Waals surface area contributed by atoms with Gasteiger partial charge in [-0.3, -0.25) is 0 Å². The number of ether oxygens (including phenoxy) is 1. The van der Waals surface area contributed by atoms with E-state index in [0.717, 1.165) is 25.1 Å². The molecule has 2 aromatic rings. The average molecular weight is 271 g/mol. The zero-order chi connectivity index (χ0) is 14.4. The molecule has 0 amide bonds. The van der Waals surface area contributed by atoms with Crippen molar-refractivity contribution in [2.75, 3.05) is 13.7 Å². The summed E-state index contributed by atoms with van der Waals surface area (Å²) in [5.74, 6) is 1.01.